The summed E-state index contributed by atoms with van der Waals surface area (Å²) >= 11 is 0. The van der Waals surface area contributed by atoms with Gasteiger partial charge in [0.05, 0.1) is 0 Å². The predicted octanol–water partition coefficient (Wildman–Crippen LogP) is 4.22. The van der Waals surface area contributed by atoms with Gasteiger partial charge >= 0.3 is 0 Å². The van der Waals surface area contributed by atoms with Crippen LogP contribution in [0.5, 0.6) is 0 Å². The second-order valence-corrected chi connectivity index (χ2v) is 5.99. The zero-order valence-corrected chi connectivity index (χ0v) is 11.5. The monoisotopic (exact) mass is 233 g/mol. The van der Waals surface area contributed by atoms with Gasteiger partial charge in [0.25, 0.3) is 0 Å². The summed E-state index contributed by atoms with van der Waals surface area (Å²) in [6.07, 6.45) is 6.78. The highest BCUT2D eigenvalue weighted by Crippen LogP contribution is 2.42. The lowest BCUT2D eigenvalue weighted by atomic mass is 9.68. The molecule has 0 radical (unpaired) electrons. The first-order valence-corrected chi connectivity index (χ1v) is 7.21. The van der Waals surface area contributed by atoms with Crippen LogP contribution in [0.2, 0.25) is 0 Å². The first-order valence-electron chi connectivity index (χ1n) is 7.21. The van der Waals surface area contributed by atoms with Gasteiger partial charge in [-0.2, -0.15) is 0 Å². The van der Waals surface area contributed by atoms with Gasteiger partial charge in [-0.15, -0.1) is 0 Å². The Morgan fingerprint density at radius 3 is 2.53 bits per heavy atom. The number of nitrogens with zero attached hydrogens (tertiary/aromatic N) is 1. The largest absolute Gasteiger partial charge is 0.374 e. The van der Waals surface area contributed by atoms with Gasteiger partial charge in [-0.1, -0.05) is 38.5 Å². The van der Waals surface area contributed by atoms with Crippen LogP contribution in [0.4, 0.5) is 0 Å². The fraction of sp³-hybridized carbons (Fsp3) is 0.750. The van der Waals surface area contributed by atoms with Crippen molar-refractivity contribution < 1.29 is 0 Å². The van der Waals surface area contributed by atoms with Crippen LogP contribution in [0, 0.1) is 17.8 Å². The zero-order valence-electron chi connectivity index (χ0n) is 11.5. The van der Waals surface area contributed by atoms with E-state index >= 15 is 0 Å². The number of rotatable bonds is 3. The van der Waals surface area contributed by atoms with Gasteiger partial charge in [-0.05, 0) is 43.9 Å². The van der Waals surface area contributed by atoms with Gasteiger partial charge in [0.1, 0.15) is 0 Å². The topological polar surface area (TPSA) is 3.24 Å². The van der Waals surface area contributed by atoms with Gasteiger partial charge in [0, 0.05) is 18.8 Å². The number of hydrogen-bond acceptors (Lipinski definition) is 1. The Labute approximate surface area is 107 Å². The third-order valence-corrected chi connectivity index (χ3v) is 4.84. The fourth-order valence-corrected chi connectivity index (χ4v) is 3.73. The quantitative estimate of drug-likeness (QED) is 0.660. The standard InChI is InChI=1S/C16H27N/c1-5-13(4)17-10-14-8-6-7-9-15(14)16(11-17)12(2)3/h14-16H,2,4-11H2,1,3H3. The van der Waals surface area contributed by atoms with E-state index in [0.29, 0.717) is 5.92 Å². The highest BCUT2D eigenvalue weighted by molar-refractivity contribution is 5.08. The highest BCUT2D eigenvalue weighted by atomic mass is 15.1. The molecule has 96 valence electrons. The van der Waals surface area contributed by atoms with E-state index in [1.165, 1.54) is 50.0 Å². The normalized spacial score (nSPS) is 33.1. The molecular weight excluding hydrogens is 206 g/mol. The van der Waals surface area contributed by atoms with Crippen molar-refractivity contribution in [3.63, 3.8) is 0 Å². The molecule has 2 rings (SSSR count). The lowest BCUT2D eigenvalue weighted by Gasteiger charge is -2.48. The minimum atomic E-state index is 0.706. The van der Waals surface area contributed by atoms with Crippen LogP contribution >= 0.6 is 0 Å². The molecule has 1 heteroatoms. The Kier molecular flexibility index (Phi) is 3.96. The number of likely N-dealkylation sites (tertiary alicyclic amines) is 1. The van der Waals surface area contributed by atoms with E-state index < -0.39 is 0 Å². The molecule has 1 aliphatic heterocycles. The molecule has 0 spiro atoms. The molecule has 1 aliphatic carbocycles. The van der Waals surface area contributed by atoms with Crippen molar-refractivity contribution in [2.45, 2.75) is 46.0 Å². The van der Waals surface area contributed by atoms with Gasteiger partial charge in [0.15, 0.2) is 0 Å². The van der Waals surface area contributed by atoms with Gasteiger partial charge in [0.2, 0.25) is 0 Å². The molecule has 0 aromatic rings. The van der Waals surface area contributed by atoms with E-state index in [2.05, 4.69) is 31.9 Å². The molecule has 0 aromatic carbocycles. The molecule has 0 aromatic heterocycles. The molecule has 1 heterocycles. The Morgan fingerprint density at radius 2 is 1.88 bits per heavy atom. The van der Waals surface area contributed by atoms with Crippen LogP contribution in [0.15, 0.2) is 24.4 Å². The van der Waals surface area contributed by atoms with Gasteiger partial charge in [-0.3, -0.25) is 0 Å². The van der Waals surface area contributed by atoms with E-state index in [0.717, 1.165) is 18.3 Å². The summed E-state index contributed by atoms with van der Waals surface area (Å²) in [5.74, 6) is 2.50. The molecule has 3 atom stereocenters. The third kappa shape index (κ3) is 2.59. The summed E-state index contributed by atoms with van der Waals surface area (Å²) < 4.78 is 0. The smallest absolute Gasteiger partial charge is 0.0243 e. The Balaban J connectivity index is 2.13. The molecule has 17 heavy (non-hydrogen) atoms. The molecule has 0 bridgehead atoms. The van der Waals surface area contributed by atoms with Crippen LogP contribution < -0.4 is 0 Å². The van der Waals surface area contributed by atoms with E-state index in [4.69, 9.17) is 0 Å². The van der Waals surface area contributed by atoms with Crippen molar-refractivity contribution in [1.82, 2.24) is 4.90 Å². The molecule has 1 saturated heterocycles. The lowest BCUT2D eigenvalue weighted by molar-refractivity contribution is 0.0670. The molecular formula is C16H27N. The molecule has 0 N–H and O–H groups in total. The van der Waals surface area contributed by atoms with Crippen molar-refractivity contribution >= 4 is 0 Å². The fourth-order valence-electron chi connectivity index (χ4n) is 3.73. The molecule has 1 nitrogen and oxygen atoms in total. The van der Waals surface area contributed by atoms with Crippen molar-refractivity contribution in [3.05, 3.63) is 24.4 Å². The van der Waals surface area contributed by atoms with E-state index in [-0.39, 0.29) is 0 Å². The van der Waals surface area contributed by atoms with Crippen LogP contribution in [0.3, 0.4) is 0 Å². The van der Waals surface area contributed by atoms with Crippen LogP contribution in [-0.4, -0.2) is 18.0 Å². The van der Waals surface area contributed by atoms with Gasteiger partial charge in [-0.25, -0.2) is 0 Å². The molecule has 0 amide bonds. The molecule has 3 unspecified atom stereocenters. The highest BCUT2D eigenvalue weighted by Gasteiger charge is 2.38. The average molecular weight is 233 g/mol. The maximum absolute atomic E-state index is 4.23. The first kappa shape index (κ1) is 12.7. The number of fused-ring (bicyclic) bond motifs is 1. The van der Waals surface area contributed by atoms with Crippen LogP contribution in [-0.2, 0) is 0 Å². The second kappa shape index (κ2) is 5.29. The minimum absolute atomic E-state index is 0.706. The van der Waals surface area contributed by atoms with Gasteiger partial charge < -0.3 is 4.90 Å². The number of piperidine rings is 1. The summed E-state index contributed by atoms with van der Waals surface area (Å²) in [5.41, 5.74) is 2.70. The first-order chi connectivity index (χ1) is 8.13. The van der Waals surface area contributed by atoms with Crippen LogP contribution in [0.1, 0.15) is 46.0 Å². The number of hydrogen-bond donors (Lipinski definition) is 0. The summed E-state index contributed by atoms with van der Waals surface area (Å²) in [6, 6.07) is 0. The van der Waals surface area contributed by atoms with E-state index in [1.54, 1.807) is 0 Å². The zero-order chi connectivity index (χ0) is 12.4. The average Bonchev–Trinajstić information content (AvgIpc) is 2.36. The number of allylic oxidation sites excluding steroid dienone is 1. The van der Waals surface area contributed by atoms with E-state index in [9.17, 15) is 0 Å². The Hall–Kier alpha value is -0.720. The minimum Gasteiger partial charge on any atom is -0.374 e. The molecule has 2 fully saturated rings. The van der Waals surface area contributed by atoms with E-state index in [1.807, 2.05) is 0 Å². The van der Waals surface area contributed by atoms with Crippen molar-refractivity contribution in [1.29, 1.82) is 0 Å². The van der Waals surface area contributed by atoms with Crippen molar-refractivity contribution in [2.75, 3.05) is 13.1 Å². The molecule has 1 saturated carbocycles. The van der Waals surface area contributed by atoms with Crippen molar-refractivity contribution in [2.24, 2.45) is 17.8 Å². The third-order valence-electron chi connectivity index (χ3n) is 4.84. The summed E-state index contributed by atoms with van der Waals surface area (Å²) in [4.78, 5) is 2.53. The summed E-state index contributed by atoms with van der Waals surface area (Å²) in [6.45, 7) is 15.3. The SMILES string of the molecule is C=C(C)C1CN(C(=C)CC)CC2CCCCC21. The summed E-state index contributed by atoms with van der Waals surface area (Å²) in [5, 5.41) is 0. The lowest BCUT2D eigenvalue weighted by Crippen LogP contribution is -2.47. The predicted molar refractivity (Wildman–Crippen MR) is 74.8 cm³/mol. The van der Waals surface area contributed by atoms with Crippen molar-refractivity contribution in [3.8, 4) is 0 Å². The maximum Gasteiger partial charge on any atom is 0.0243 e. The summed E-state index contributed by atoms with van der Waals surface area (Å²) in [7, 11) is 0. The van der Waals surface area contributed by atoms with Crippen LogP contribution in [0.25, 0.3) is 0 Å². The second-order valence-electron chi connectivity index (χ2n) is 5.99. The Bertz CT molecular complexity index is 305. The molecule has 2 aliphatic rings. The maximum atomic E-state index is 4.23. The Morgan fingerprint density at radius 1 is 1.18 bits per heavy atom.